The topological polar surface area (TPSA) is 82.3 Å². The molecule has 1 aliphatic rings. The van der Waals surface area contributed by atoms with Gasteiger partial charge in [-0.1, -0.05) is 49.6 Å². The molecule has 7 nitrogen and oxygen atoms in total. The maximum Gasteiger partial charge on any atom is 0.272 e. The maximum absolute atomic E-state index is 13.6. The minimum atomic E-state index is -0.329. The summed E-state index contributed by atoms with van der Waals surface area (Å²) in [5, 5.41) is 3.47. The highest BCUT2D eigenvalue weighted by molar-refractivity contribution is 6.04. The summed E-state index contributed by atoms with van der Waals surface area (Å²) >= 11 is 0. The molecule has 182 valence electrons. The highest BCUT2D eigenvalue weighted by Gasteiger charge is 2.28. The molecule has 0 unspecified atom stereocenters. The number of aromatic nitrogens is 2. The summed E-state index contributed by atoms with van der Waals surface area (Å²) in [6.45, 7) is 3.87. The van der Waals surface area contributed by atoms with Crippen LogP contribution in [0.15, 0.2) is 41.2 Å². The number of aryl methyl sites for hydroxylation is 2. The van der Waals surface area contributed by atoms with Crippen molar-refractivity contribution in [1.29, 1.82) is 0 Å². The van der Waals surface area contributed by atoms with Crippen LogP contribution >= 0.6 is 12.4 Å². The number of fused-ring (bicyclic) bond motifs is 1. The zero-order chi connectivity index (χ0) is 23.5. The SMILES string of the molecule is CCOc1c(C(=O)NC2CCCCC2)n(C)c2cc(C)n(CC(=O)c3ccccc3)c(=O)c12.Cl. The normalized spacial score (nSPS) is 14.0. The monoisotopic (exact) mass is 485 g/mol. The fourth-order valence-electron chi connectivity index (χ4n) is 4.72. The van der Waals surface area contributed by atoms with Crippen LogP contribution in [0.3, 0.4) is 0 Å². The molecular weight excluding hydrogens is 454 g/mol. The minimum Gasteiger partial charge on any atom is -0.491 e. The van der Waals surface area contributed by atoms with Crippen LogP contribution in [0.4, 0.5) is 0 Å². The number of nitrogens with zero attached hydrogens (tertiary/aromatic N) is 2. The van der Waals surface area contributed by atoms with Gasteiger partial charge in [-0.3, -0.25) is 14.4 Å². The van der Waals surface area contributed by atoms with Gasteiger partial charge in [0.05, 0.1) is 18.7 Å². The van der Waals surface area contributed by atoms with E-state index in [0.29, 0.717) is 34.5 Å². The van der Waals surface area contributed by atoms with Gasteiger partial charge in [0.2, 0.25) is 0 Å². The van der Waals surface area contributed by atoms with Gasteiger partial charge in [0.1, 0.15) is 5.39 Å². The molecule has 0 aliphatic heterocycles. The van der Waals surface area contributed by atoms with Gasteiger partial charge in [0, 0.05) is 24.3 Å². The molecule has 1 aromatic carbocycles. The lowest BCUT2D eigenvalue weighted by molar-refractivity contribution is 0.0914. The van der Waals surface area contributed by atoms with Crippen LogP contribution in [0.1, 0.15) is 65.6 Å². The number of ether oxygens (including phenoxy) is 1. The Balaban J connectivity index is 0.00000324. The first-order valence-corrected chi connectivity index (χ1v) is 11.7. The third-order valence-electron chi connectivity index (χ3n) is 6.47. The van der Waals surface area contributed by atoms with Crippen molar-refractivity contribution in [2.45, 2.75) is 58.5 Å². The molecular formula is C26H32ClN3O4. The van der Waals surface area contributed by atoms with E-state index < -0.39 is 0 Å². The second kappa shape index (κ2) is 10.9. The average molecular weight is 486 g/mol. The van der Waals surface area contributed by atoms with Crippen LogP contribution in [0.25, 0.3) is 10.9 Å². The molecule has 4 rings (SSSR count). The summed E-state index contributed by atoms with van der Waals surface area (Å²) in [5.74, 6) is -0.0912. The quantitative estimate of drug-likeness (QED) is 0.502. The first kappa shape index (κ1) is 25.6. The number of hydrogen-bond donors (Lipinski definition) is 1. The van der Waals surface area contributed by atoms with E-state index in [-0.39, 0.29) is 48.0 Å². The van der Waals surface area contributed by atoms with Gasteiger partial charge < -0.3 is 19.2 Å². The van der Waals surface area contributed by atoms with Crippen LogP contribution < -0.4 is 15.6 Å². The lowest BCUT2D eigenvalue weighted by atomic mass is 9.95. The van der Waals surface area contributed by atoms with Crippen molar-refractivity contribution in [3.8, 4) is 5.75 Å². The molecule has 2 heterocycles. The Bertz CT molecular complexity index is 1240. The van der Waals surface area contributed by atoms with Crippen molar-refractivity contribution in [3.05, 3.63) is 63.7 Å². The lowest BCUT2D eigenvalue weighted by Crippen LogP contribution is -2.37. The first-order chi connectivity index (χ1) is 15.9. The molecule has 0 radical (unpaired) electrons. The van der Waals surface area contributed by atoms with Crippen molar-refractivity contribution in [2.24, 2.45) is 7.05 Å². The second-order valence-corrected chi connectivity index (χ2v) is 8.70. The summed E-state index contributed by atoms with van der Waals surface area (Å²) < 4.78 is 9.06. The van der Waals surface area contributed by atoms with Crippen LogP contribution in [-0.4, -0.2) is 33.5 Å². The zero-order valence-corrected chi connectivity index (χ0v) is 20.7. The molecule has 1 amide bonds. The molecule has 1 aliphatic carbocycles. The van der Waals surface area contributed by atoms with Crippen molar-refractivity contribution in [3.63, 3.8) is 0 Å². The third kappa shape index (κ3) is 4.89. The van der Waals surface area contributed by atoms with E-state index in [1.165, 1.54) is 11.0 Å². The van der Waals surface area contributed by atoms with Crippen LogP contribution in [0.5, 0.6) is 5.75 Å². The predicted octanol–water partition coefficient (Wildman–Crippen LogP) is 4.41. The van der Waals surface area contributed by atoms with Gasteiger partial charge in [-0.05, 0) is 32.8 Å². The van der Waals surface area contributed by atoms with Gasteiger partial charge in [0.15, 0.2) is 17.2 Å². The smallest absolute Gasteiger partial charge is 0.272 e. The summed E-state index contributed by atoms with van der Waals surface area (Å²) in [6, 6.07) is 10.9. The van der Waals surface area contributed by atoms with E-state index in [2.05, 4.69) is 5.32 Å². The second-order valence-electron chi connectivity index (χ2n) is 8.70. The number of pyridine rings is 1. The molecule has 8 heteroatoms. The van der Waals surface area contributed by atoms with E-state index in [4.69, 9.17) is 4.74 Å². The Hall–Kier alpha value is -3.06. The van der Waals surface area contributed by atoms with Crippen LogP contribution in [-0.2, 0) is 13.6 Å². The largest absolute Gasteiger partial charge is 0.491 e. The van der Waals surface area contributed by atoms with Crippen LogP contribution in [0, 0.1) is 6.92 Å². The van der Waals surface area contributed by atoms with E-state index in [0.717, 1.165) is 25.7 Å². The molecule has 34 heavy (non-hydrogen) atoms. The predicted molar refractivity (Wildman–Crippen MR) is 135 cm³/mol. The molecule has 2 aromatic heterocycles. The number of benzene rings is 1. The molecule has 1 N–H and O–H groups in total. The zero-order valence-electron chi connectivity index (χ0n) is 19.9. The molecule has 0 saturated heterocycles. The van der Waals surface area contributed by atoms with Gasteiger partial charge in [0.25, 0.3) is 11.5 Å². The Morgan fingerprint density at radius 1 is 1.12 bits per heavy atom. The maximum atomic E-state index is 13.6. The summed E-state index contributed by atoms with van der Waals surface area (Å²) in [4.78, 5) is 39.7. The van der Waals surface area contributed by atoms with Crippen molar-refractivity contribution >= 4 is 35.0 Å². The molecule has 0 atom stereocenters. The summed E-state index contributed by atoms with van der Waals surface area (Å²) in [5.41, 5.74) is 1.85. The van der Waals surface area contributed by atoms with Crippen molar-refractivity contribution < 1.29 is 14.3 Å². The first-order valence-electron chi connectivity index (χ1n) is 11.7. The van der Waals surface area contributed by atoms with Gasteiger partial charge in [-0.2, -0.15) is 0 Å². The number of carbonyl (C=O) groups excluding carboxylic acids is 2. The van der Waals surface area contributed by atoms with E-state index in [9.17, 15) is 14.4 Å². The molecule has 0 bridgehead atoms. The standard InChI is InChI=1S/C26H31N3O4.ClH/c1-4-33-24-22-20(28(3)23(24)25(31)27-19-13-9-6-10-14-19)15-17(2)29(26(22)32)16-21(30)18-11-7-5-8-12-18;/h5,7-8,11-12,15,19H,4,6,9-10,13-14,16H2,1-3H3,(H,27,31);1H. The molecule has 3 aromatic rings. The van der Waals surface area contributed by atoms with Crippen molar-refractivity contribution in [2.75, 3.05) is 6.61 Å². The number of nitrogens with one attached hydrogen (secondary N) is 1. The summed E-state index contributed by atoms with van der Waals surface area (Å²) in [7, 11) is 1.78. The highest BCUT2D eigenvalue weighted by atomic mass is 35.5. The minimum absolute atomic E-state index is 0. The fourth-order valence-corrected chi connectivity index (χ4v) is 4.72. The third-order valence-corrected chi connectivity index (χ3v) is 6.47. The number of hydrogen-bond acceptors (Lipinski definition) is 4. The Morgan fingerprint density at radius 3 is 2.44 bits per heavy atom. The Morgan fingerprint density at radius 2 is 1.79 bits per heavy atom. The number of halogens is 1. The molecule has 0 spiro atoms. The molecule has 1 fully saturated rings. The Kier molecular flexibility index (Phi) is 8.20. The number of ketones is 1. The van der Waals surface area contributed by atoms with Crippen LogP contribution in [0.2, 0.25) is 0 Å². The lowest BCUT2D eigenvalue weighted by Gasteiger charge is -2.23. The van der Waals surface area contributed by atoms with Gasteiger partial charge >= 0.3 is 0 Å². The summed E-state index contributed by atoms with van der Waals surface area (Å²) in [6.07, 6.45) is 5.35. The average Bonchev–Trinajstić information content (AvgIpc) is 3.09. The van der Waals surface area contributed by atoms with E-state index in [1.807, 2.05) is 19.1 Å². The Labute approximate surface area is 205 Å². The number of carbonyl (C=O) groups is 2. The number of rotatable bonds is 7. The van der Waals surface area contributed by atoms with E-state index in [1.54, 1.807) is 42.8 Å². The van der Waals surface area contributed by atoms with Gasteiger partial charge in [-0.25, -0.2) is 0 Å². The fraction of sp³-hybridized carbons (Fsp3) is 0.423. The van der Waals surface area contributed by atoms with Gasteiger partial charge in [-0.15, -0.1) is 12.4 Å². The van der Waals surface area contributed by atoms with Crippen molar-refractivity contribution in [1.82, 2.24) is 14.5 Å². The number of amides is 1. The van der Waals surface area contributed by atoms with E-state index >= 15 is 0 Å². The molecule has 1 saturated carbocycles. The highest BCUT2D eigenvalue weighted by Crippen LogP contribution is 2.31. The number of Topliss-reactive ketones (excluding diaryl/α,β-unsaturated/α-hetero) is 1.